The fourth-order valence-electron chi connectivity index (χ4n) is 2.74. The molecule has 1 N–H and O–H groups in total. The lowest BCUT2D eigenvalue weighted by atomic mass is 10.0. The van der Waals surface area contributed by atoms with Crippen LogP contribution in [0.5, 0.6) is 0 Å². The predicted molar refractivity (Wildman–Crippen MR) is 77.4 cm³/mol. The van der Waals surface area contributed by atoms with E-state index in [1.807, 2.05) is 25.1 Å². The number of benzene rings is 1. The highest BCUT2D eigenvalue weighted by atomic mass is 16.5. The molecule has 0 aromatic heterocycles. The van der Waals surface area contributed by atoms with E-state index in [2.05, 4.69) is 22.3 Å². The maximum atomic E-state index is 11.7. The van der Waals surface area contributed by atoms with Crippen LogP contribution in [0.1, 0.15) is 18.9 Å². The molecule has 2 aliphatic rings. The highest BCUT2D eigenvalue weighted by Crippen LogP contribution is 2.38. The van der Waals surface area contributed by atoms with Gasteiger partial charge in [0.15, 0.2) is 0 Å². The second kappa shape index (κ2) is 5.41. The van der Waals surface area contributed by atoms with Crippen LogP contribution in [0.3, 0.4) is 0 Å². The van der Waals surface area contributed by atoms with E-state index in [-0.39, 0.29) is 5.97 Å². The zero-order valence-corrected chi connectivity index (χ0v) is 11.6. The maximum absolute atomic E-state index is 11.7. The van der Waals surface area contributed by atoms with Crippen LogP contribution >= 0.6 is 0 Å². The van der Waals surface area contributed by atoms with Gasteiger partial charge in [0.05, 0.1) is 6.61 Å². The summed E-state index contributed by atoms with van der Waals surface area (Å²) in [6, 6.07) is 10.3. The molecule has 0 bridgehead atoms. The number of fused-ring (bicyclic) bond motifs is 1. The Morgan fingerprint density at radius 3 is 2.95 bits per heavy atom. The third-order valence-electron chi connectivity index (χ3n) is 3.58. The SMILES string of the molecule is CCOC(=O)/C=C1/CC(c2ccccc2)=C2NCCN21. The summed E-state index contributed by atoms with van der Waals surface area (Å²) in [7, 11) is 0. The molecule has 2 aliphatic heterocycles. The first-order valence-electron chi connectivity index (χ1n) is 6.97. The number of carbonyl (C=O) groups is 1. The molecule has 1 fully saturated rings. The minimum Gasteiger partial charge on any atom is -0.463 e. The van der Waals surface area contributed by atoms with Crippen LogP contribution in [0.2, 0.25) is 0 Å². The molecule has 4 nitrogen and oxygen atoms in total. The number of hydrogen-bond donors (Lipinski definition) is 1. The first kappa shape index (κ1) is 12.8. The Labute approximate surface area is 118 Å². The van der Waals surface area contributed by atoms with Gasteiger partial charge in [-0.1, -0.05) is 30.3 Å². The van der Waals surface area contributed by atoms with Gasteiger partial charge in [0, 0.05) is 36.9 Å². The van der Waals surface area contributed by atoms with Crippen molar-refractivity contribution >= 4 is 11.5 Å². The van der Waals surface area contributed by atoms with Gasteiger partial charge in [-0.2, -0.15) is 0 Å². The van der Waals surface area contributed by atoms with Crippen LogP contribution in [0, 0.1) is 0 Å². The quantitative estimate of drug-likeness (QED) is 0.674. The highest BCUT2D eigenvalue weighted by Gasteiger charge is 2.31. The Morgan fingerprint density at radius 1 is 1.40 bits per heavy atom. The smallest absolute Gasteiger partial charge is 0.332 e. The average molecular weight is 270 g/mol. The summed E-state index contributed by atoms with van der Waals surface area (Å²) in [6.07, 6.45) is 2.39. The third kappa shape index (κ3) is 2.29. The Kier molecular flexibility index (Phi) is 3.46. The molecule has 2 heterocycles. The Bertz CT molecular complexity index is 575. The summed E-state index contributed by atoms with van der Waals surface area (Å²) in [5.74, 6) is 0.870. The van der Waals surface area contributed by atoms with E-state index in [0.717, 1.165) is 31.0 Å². The molecule has 4 heteroatoms. The van der Waals surface area contributed by atoms with E-state index >= 15 is 0 Å². The summed E-state index contributed by atoms with van der Waals surface area (Å²) in [5, 5.41) is 3.41. The number of ether oxygens (including phenoxy) is 1. The van der Waals surface area contributed by atoms with Crippen molar-refractivity contribution in [1.82, 2.24) is 10.2 Å². The van der Waals surface area contributed by atoms with E-state index in [9.17, 15) is 4.79 Å². The lowest BCUT2D eigenvalue weighted by Gasteiger charge is -2.14. The molecule has 0 amide bonds. The first-order chi connectivity index (χ1) is 9.79. The van der Waals surface area contributed by atoms with Crippen molar-refractivity contribution in [3.63, 3.8) is 0 Å². The number of nitrogens with one attached hydrogen (secondary N) is 1. The summed E-state index contributed by atoms with van der Waals surface area (Å²) in [5.41, 5.74) is 3.47. The van der Waals surface area contributed by atoms with Gasteiger partial charge in [-0.25, -0.2) is 4.79 Å². The summed E-state index contributed by atoms with van der Waals surface area (Å²) in [4.78, 5) is 13.8. The van der Waals surface area contributed by atoms with Gasteiger partial charge in [0.25, 0.3) is 0 Å². The lowest BCUT2D eigenvalue weighted by Crippen LogP contribution is -2.15. The standard InChI is InChI=1S/C16H18N2O2/c1-2-20-15(19)11-13-10-14(12-6-4-3-5-7-12)16-17-8-9-18(13)16/h3-7,11,17H,2,8-10H2,1H3/b13-11-. The molecule has 0 spiro atoms. The van der Waals surface area contributed by atoms with Gasteiger partial charge >= 0.3 is 5.97 Å². The predicted octanol–water partition coefficient (Wildman–Crippen LogP) is 2.11. The Morgan fingerprint density at radius 2 is 2.20 bits per heavy atom. The molecule has 0 saturated carbocycles. The average Bonchev–Trinajstić information content (AvgIpc) is 3.04. The Balaban J connectivity index is 1.90. The van der Waals surface area contributed by atoms with Gasteiger partial charge in [-0.15, -0.1) is 0 Å². The number of carbonyl (C=O) groups excluding carboxylic acids is 1. The van der Waals surface area contributed by atoms with Crippen molar-refractivity contribution in [1.29, 1.82) is 0 Å². The molecule has 0 aliphatic carbocycles. The van der Waals surface area contributed by atoms with E-state index in [1.165, 1.54) is 11.1 Å². The second-order valence-corrected chi connectivity index (χ2v) is 4.84. The van der Waals surface area contributed by atoms with Gasteiger partial charge in [0.2, 0.25) is 0 Å². The van der Waals surface area contributed by atoms with Crippen molar-refractivity contribution in [2.24, 2.45) is 0 Å². The maximum Gasteiger partial charge on any atom is 0.332 e. The number of hydrogen-bond acceptors (Lipinski definition) is 4. The molecule has 1 aromatic rings. The largest absolute Gasteiger partial charge is 0.463 e. The molecular weight excluding hydrogens is 252 g/mol. The molecule has 0 atom stereocenters. The van der Waals surface area contributed by atoms with Crippen LogP contribution < -0.4 is 5.32 Å². The fourth-order valence-corrected chi connectivity index (χ4v) is 2.74. The minimum absolute atomic E-state index is 0.261. The number of allylic oxidation sites excluding steroid dienone is 1. The van der Waals surface area contributed by atoms with Gasteiger partial charge < -0.3 is 15.0 Å². The van der Waals surface area contributed by atoms with Crippen LogP contribution in [-0.4, -0.2) is 30.6 Å². The van der Waals surface area contributed by atoms with Crippen molar-refractivity contribution < 1.29 is 9.53 Å². The topological polar surface area (TPSA) is 41.6 Å². The van der Waals surface area contributed by atoms with Gasteiger partial charge in [0.1, 0.15) is 5.82 Å². The highest BCUT2D eigenvalue weighted by molar-refractivity contribution is 5.85. The third-order valence-corrected chi connectivity index (χ3v) is 3.58. The molecule has 104 valence electrons. The fraction of sp³-hybridized carbons (Fsp3) is 0.312. The van der Waals surface area contributed by atoms with Crippen LogP contribution in [0.4, 0.5) is 0 Å². The van der Waals surface area contributed by atoms with Crippen molar-refractivity contribution in [2.75, 3.05) is 19.7 Å². The van der Waals surface area contributed by atoms with Crippen molar-refractivity contribution in [3.8, 4) is 0 Å². The zero-order chi connectivity index (χ0) is 13.9. The molecular formula is C16H18N2O2. The number of esters is 1. The van der Waals surface area contributed by atoms with E-state index in [1.54, 1.807) is 6.08 Å². The summed E-state index contributed by atoms with van der Waals surface area (Å²) < 4.78 is 5.01. The van der Waals surface area contributed by atoms with Crippen LogP contribution in [0.25, 0.3) is 5.57 Å². The van der Waals surface area contributed by atoms with Crippen LogP contribution in [0.15, 0.2) is 47.9 Å². The zero-order valence-electron chi connectivity index (χ0n) is 11.6. The summed E-state index contributed by atoms with van der Waals surface area (Å²) >= 11 is 0. The molecule has 20 heavy (non-hydrogen) atoms. The normalized spacial score (nSPS) is 19.2. The molecule has 1 saturated heterocycles. The van der Waals surface area contributed by atoms with Gasteiger partial charge in [-0.05, 0) is 12.5 Å². The molecule has 0 radical (unpaired) electrons. The molecule has 3 rings (SSSR count). The first-order valence-corrected chi connectivity index (χ1v) is 6.97. The molecule has 1 aromatic carbocycles. The van der Waals surface area contributed by atoms with Crippen molar-refractivity contribution in [2.45, 2.75) is 13.3 Å². The molecule has 0 unspecified atom stereocenters. The lowest BCUT2D eigenvalue weighted by molar-refractivity contribution is -0.137. The number of nitrogens with zero attached hydrogens (tertiary/aromatic N) is 1. The Hall–Kier alpha value is -2.23. The monoisotopic (exact) mass is 270 g/mol. The van der Waals surface area contributed by atoms with Crippen LogP contribution in [-0.2, 0) is 9.53 Å². The van der Waals surface area contributed by atoms with E-state index in [0.29, 0.717) is 6.61 Å². The minimum atomic E-state index is -0.261. The number of rotatable bonds is 3. The second-order valence-electron chi connectivity index (χ2n) is 4.84. The van der Waals surface area contributed by atoms with E-state index in [4.69, 9.17) is 4.74 Å². The van der Waals surface area contributed by atoms with Gasteiger partial charge in [-0.3, -0.25) is 0 Å². The van der Waals surface area contributed by atoms with E-state index < -0.39 is 0 Å². The summed E-state index contributed by atoms with van der Waals surface area (Å²) in [6.45, 7) is 4.04. The van der Waals surface area contributed by atoms with Crippen molar-refractivity contribution in [3.05, 3.63) is 53.5 Å².